The predicted octanol–water partition coefficient (Wildman–Crippen LogP) is 1.25. The monoisotopic (exact) mass is 418 g/mol. The molecule has 2 aromatic heterocycles. The van der Waals surface area contributed by atoms with Gasteiger partial charge >= 0.3 is 18.9 Å². The summed E-state index contributed by atoms with van der Waals surface area (Å²) in [6, 6.07) is 17.6. The van der Waals surface area contributed by atoms with Gasteiger partial charge in [0, 0.05) is 22.4 Å². The first-order valence-corrected chi connectivity index (χ1v) is 8.25. The molecule has 0 aliphatic rings. The number of halogens is 2. The minimum atomic E-state index is -0.388. The van der Waals surface area contributed by atoms with Crippen LogP contribution in [0.25, 0.3) is 28.2 Å². The molecule has 0 radical (unpaired) electrons. The van der Waals surface area contributed by atoms with Gasteiger partial charge in [-0.3, -0.25) is 4.98 Å². The molecule has 0 amide bonds. The molecule has 0 fully saturated rings. The zero-order valence-corrected chi connectivity index (χ0v) is 15.8. The molecule has 1 N–H and O–H groups in total. The Morgan fingerprint density at radius 1 is 1.04 bits per heavy atom. The van der Waals surface area contributed by atoms with Crippen molar-refractivity contribution < 1.29 is 33.5 Å². The van der Waals surface area contributed by atoms with Crippen LogP contribution in [0.3, 0.4) is 0 Å². The summed E-state index contributed by atoms with van der Waals surface area (Å²) in [5.74, 6) is -0.388. The minimum Gasteiger partial charge on any atom is -0.870 e. The number of hydrogen-bond acceptors (Lipinski definition) is 4. The molecule has 5 nitrogen and oxygen atoms in total. The van der Waals surface area contributed by atoms with Crippen molar-refractivity contribution in [2.24, 2.45) is 0 Å². The Hall–Kier alpha value is -2.30. The molecule has 0 aliphatic carbocycles. The van der Waals surface area contributed by atoms with E-state index in [0.717, 1.165) is 5.56 Å². The number of carbonyl (C=O) groups excluding carboxylic acids is 1. The molecular weight excluding hydrogens is 408 g/mol. The average Bonchev–Trinajstić information content (AvgIpc) is 3.05. The van der Waals surface area contributed by atoms with Crippen LogP contribution in [0, 0.1) is 5.82 Å². The molecule has 2 heterocycles. The molecule has 0 bridgehead atoms. The second-order valence-corrected chi connectivity index (χ2v) is 6.33. The fourth-order valence-electron chi connectivity index (χ4n) is 2.67. The number of nitrogens with zero attached hydrogens (tertiary/aromatic N) is 3. The van der Waals surface area contributed by atoms with Crippen LogP contribution in [0.4, 0.5) is 4.39 Å². The van der Waals surface area contributed by atoms with Crippen LogP contribution in [-0.2, 0) is 4.79 Å². The van der Waals surface area contributed by atoms with Gasteiger partial charge in [-0.2, -0.15) is 11.2 Å². The predicted molar refractivity (Wildman–Crippen MR) is 98.2 cm³/mol. The molecule has 0 unspecified atom stereocenters. The maximum Gasteiger partial charge on any atom is 1.00 e. The third-order valence-electron chi connectivity index (χ3n) is 3.81. The summed E-state index contributed by atoms with van der Waals surface area (Å²) < 4.78 is 16.5. The standard InChI is InChI=1S/C19H10BrFN3O.Li.H2O/c20-13-6-7-15(16(21)8-13)17-10-19-22-14(11-25)9-18(24(19)23-17)12-4-2-1-3-5-12;;/h1-10H;;1H2/q-1;+1;/p-1. The Morgan fingerprint density at radius 2 is 1.78 bits per heavy atom. The van der Waals surface area contributed by atoms with Crippen LogP contribution in [0.5, 0.6) is 0 Å². The van der Waals surface area contributed by atoms with Crippen molar-refractivity contribution in [3.8, 4) is 22.5 Å². The van der Waals surface area contributed by atoms with Gasteiger partial charge < -0.3 is 10.3 Å². The summed E-state index contributed by atoms with van der Waals surface area (Å²) >= 11 is 3.24. The van der Waals surface area contributed by atoms with Crippen LogP contribution in [0.15, 0.2) is 65.1 Å². The summed E-state index contributed by atoms with van der Waals surface area (Å²) in [4.78, 5) is 15.3. The molecule has 4 aromatic rings. The third-order valence-corrected chi connectivity index (χ3v) is 4.30. The van der Waals surface area contributed by atoms with Crippen molar-refractivity contribution in [2.75, 3.05) is 0 Å². The molecule has 0 saturated heterocycles. The second kappa shape index (κ2) is 8.59. The van der Waals surface area contributed by atoms with Crippen molar-refractivity contribution >= 4 is 27.9 Å². The quantitative estimate of drug-likeness (QED) is 0.370. The first kappa shape index (κ1) is 21.0. The summed E-state index contributed by atoms with van der Waals surface area (Å²) in [6.07, 6.45) is 1.81. The number of benzene rings is 2. The summed E-state index contributed by atoms with van der Waals surface area (Å²) in [6.45, 7) is 0. The third kappa shape index (κ3) is 4.02. The molecule has 0 saturated carbocycles. The second-order valence-electron chi connectivity index (χ2n) is 5.42. The molecule has 130 valence electrons. The van der Waals surface area contributed by atoms with Crippen LogP contribution in [0.2, 0.25) is 0 Å². The molecule has 4 rings (SSSR count). The fraction of sp³-hybridized carbons (Fsp3) is 0. The summed E-state index contributed by atoms with van der Waals surface area (Å²) in [5.41, 5.74) is 3.00. The topological polar surface area (TPSA) is 77.3 Å². The van der Waals surface area contributed by atoms with Gasteiger partial charge in [-0.05, 0) is 29.5 Å². The minimum absolute atomic E-state index is 0. The van der Waals surface area contributed by atoms with Crippen LogP contribution < -0.4 is 18.9 Å². The van der Waals surface area contributed by atoms with Gasteiger partial charge in [0.25, 0.3) is 0 Å². The Morgan fingerprint density at radius 3 is 2.44 bits per heavy atom. The molecule has 2 aromatic carbocycles. The maximum absolute atomic E-state index is 14.3. The van der Waals surface area contributed by atoms with Crippen molar-refractivity contribution in [2.45, 2.75) is 0 Å². The van der Waals surface area contributed by atoms with E-state index in [-0.39, 0.29) is 35.8 Å². The van der Waals surface area contributed by atoms with E-state index in [1.165, 1.54) is 6.07 Å². The van der Waals surface area contributed by atoms with E-state index in [0.29, 0.717) is 27.1 Å². The SMILES string of the molecule is O=[C-]c1cc(-c2ccccc2)n2nc(-c3ccc(Br)cc3F)cc2n1.[Li+].[OH-]. The molecular formula is C19H11BrFLiN3O2-. The van der Waals surface area contributed by atoms with E-state index in [2.05, 4.69) is 26.0 Å². The molecule has 0 atom stereocenters. The average molecular weight is 419 g/mol. The van der Waals surface area contributed by atoms with Gasteiger partial charge in [-0.1, -0.05) is 52.0 Å². The van der Waals surface area contributed by atoms with E-state index in [1.807, 2.05) is 36.6 Å². The van der Waals surface area contributed by atoms with Crippen molar-refractivity contribution in [1.29, 1.82) is 0 Å². The molecule has 8 heteroatoms. The summed E-state index contributed by atoms with van der Waals surface area (Å²) in [7, 11) is 0. The Bertz CT molecular complexity index is 1100. The van der Waals surface area contributed by atoms with E-state index >= 15 is 0 Å². The normalized spacial score (nSPS) is 10.1. The Kier molecular flexibility index (Phi) is 6.68. The van der Waals surface area contributed by atoms with Gasteiger partial charge in [0.15, 0.2) is 5.65 Å². The zero-order valence-electron chi connectivity index (χ0n) is 14.2. The fourth-order valence-corrected chi connectivity index (χ4v) is 3.00. The van der Waals surface area contributed by atoms with Crippen LogP contribution >= 0.6 is 15.9 Å². The first-order chi connectivity index (χ1) is 12.2. The van der Waals surface area contributed by atoms with E-state index < -0.39 is 0 Å². The molecule has 0 aliphatic heterocycles. The van der Waals surface area contributed by atoms with E-state index in [9.17, 15) is 9.18 Å². The van der Waals surface area contributed by atoms with Gasteiger partial charge in [-0.15, -0.1) is 0 Å². The number of hydrogen-bond donors (Lipinski definition) is 0. The number of rotatable bonds is 3. The van der Waals surface area contributed by atoms with Gasteiger partial charge in [0.1, 0.15) is 5.82 Å². The zero-order chi connectivity index (χ0) is 17.4. The number of fused-ring (bicyclic) bond motifs is 1. The summed E-state index contributed by atoms with van der Waals surface area (Å²) in [5, 5.41) is 4.49. The smallest absolute Gasteiger partial charge is 0.870 e. The van der Waals surface area contributed by atoms with Gasteiger partial charge in [-0.25, -0.2) is 8.91 Å². The van der Waals surface area contributed by atoms with Crippen LogP contribution in [0.1, 0.15) is 5.69 Å². The number of aromatic nitrogens is 3. The van der Waals surface area contributed by atoms with E-state index in [1.54, 1.807) is 28.8 Å². The van der Waals surface area contributed by atoms with Gasteiger partial charge in [0.2, 0.25) is 0 Å². The Labute approximate surface area is 174 Å². The largest absolute Gasteiger partial charge is 1.00 e. The molecule has 27 heavy (non-hydrogen) atoms. The molecule has 0 spiro atoms. The Balaban J connectivity index is 0.00000131. The first-order valence-electron chi connectivity index (χ1n) is 7.45. The van der Waals surface area contributed by atoms with Gasteiger partial charge in [0.05, 0.1) is 5.69 Å². The van der Waals surface area contributed by atoms with Crippen molar-refractivity contribution in [3.05, 3.63) is 76.6 Å². The van der Waals surface area contributed by atoms with Crippen molar-refractivity contribution in [1.82, 2.24) is 14.6 Å². The van der Waals surface area contributed by atoms with Crippen molar-refractivity contribution in [3.63, 3.8) is 0 Å². The maximum atomic E-state index is 14.3. The van der Waals surface area contributed by atoms with E-state index in [4.69, 9.17) is 0 Å². The van der Waals surface area contributed by atoms with Crippen LogP contribution in [-0.4, -0.2) is 26.4 Å².